The summed E-state index contributed by atoms with van der Waals surface area (Å²) in [4.78, 5) is 14.2. The van der Waals surface area contributed by atoms with Crippen LogP contribution < -0.4 is 10.6 Å². The number of ether oxygens (including phenoxy) is 1. The van der Waals surface area contributed by atoms with Gasteiger partial charge in [-0.1, -0.05) is 13.3 Å². The fourth-order valence-corrected chi connectivity index (χ4v) is 3.30. The Bertz CT molecular complexity index is 439. The quantitative estimate of drug-likeness (QED) is 0.860. The Labute approximate surface area is 117 Å². The Hall–Kier alpha value is -1.30. The summed E-state index contributed by atoms with van der Waals surface area (Å²) in [5.74, 6) is 0.727. The van der Waals surface area contributed by atoms with Gasteiger partial charge in [0.05, 0.1) is 6.61 Å². The van der Waals surface area contributed by atoms with Crippen LogP contribution in [0.5, 0.6) is 0 Å². The van der Waals surface area contributed by atoms with Gasteiger partial charge in [0.15, 0.2) is 5.82 Å². The number of esters is 1. The molecule has 0 saturated carbocycles. The molecule has 106 valence electrons. The fraction of sp³-hybridized carbons (Fsp3) is 0.692. The highest BCUT2D eigenvalue weighted by molar-refractivity contribution is 7.11. The highest BCUT2D eigenvalue weighted by atomic mass is 32.1. The molecule has 0 spiro atoms. The molecule has 0 unspecified atom stereocenters. The second kappa shape index (κ2) is 6.23. The van der Waals surface area contributed by atoms with Crippen LogP contribution in [0.3, 0.4) is 0 Å². The van der Waals surface area contributed by atoms with Crippen molar-refractivity contribution < 1.29 is 9.53 Å². The van der Waals surface area contributed by atoms with Crippen molar-refractivity contribution in [3.05, 3.63) is 5.56 Å². The molecule has 0 aliphatic carbocycles. The van der Waals surface area contributed by atoms with Gasteiger partial charge < -0.3 is 15.4 Å². The second-order valence-electron chi connectivity index (χ2n) is 4.81. The number of aromatic nitrogens is 1. The molecule has 1 aliphatic rings. The third-order valence-corrected chi connectivity index (χ3v) is 4.58. The number of anilines is 2. The van der Waals surface area contributed by atoms with Gasteiger partial charge in [-0.05, 0) is 37.2 Å². The molecule has 2 N–H and O–H groups in total. The van der Waals surface area contributed by atoms with E-state index >= 15 is 0 Å². The van der Waals surface area contributed by atoms with Crippen LogP contribution in [0.4, 0.5) is 10.8 Å². The highest BCUT2D eigenvalue weighted by Gasteiger charge is 2.27. The summed E-state index contributed by atoms with van der Waals surface area (Å²) in [5.41, 5.74) is 6.25. The number of nitrogens with zero attached hydrogens (tertiary/aromatic N) is 2. The highest BCUT2D eigenvalue weighted by Crippen LogP contribution is 2.34. The van der Waals surface area contributed by atoms with Crippen LogP contribution in [-0.2, 0) is 4.74 Å². The first-order valence-corrected chi connectivity index (χ1v) is 7.61. The third-order valence-electron chi connectivity index (χ3n) is 3.66. The number of carbonyl (C=O) groups is 1. The first kappa shape index (κ1) is 14.1. The third kappa shape index (κ3) is 3.00. The standard InChI is InChI=1S/C13H21N3O2S/c1-3-9-5-7-16(8-6-9)12-10(11(14)15-19-12)13(17)18-4-2/h9H,3-8H2,1-2H3,(H2,14,15). The van der Waals surface area contributed by atoms with Crippen molar-refractivity contribution in [3.63, 3.8) is 0 Å². The van der Waals surface area contributed by atoms with Gasteiger partial charge in [0.25, 0.3) is 0 Å². The maximum absolute atomic E-state index is 11.9. The summed E-state index contributed by atoms with van der Waals surface area (Å²) in [7, 11) is 0. The predicted octanol–water partition coefficient (Wildman–Crippen LogP) is 2.53. The molecule has 1 aromatic rings. The molecule has 0 aromatic carbocycles. The first-order valence-electron chi connectivity index (χ1n) is 6.84. The minimum atomic E-state index is -0.360. The second-order valence-corrected chi connectivity index (χ2v) is 5.56. The van der Waals surface area contributed by atoms with Gasteiger partial charge in [-0.3, -0.25) is 0 Å². The van der Waals surface area contributed by atoms with E-state index in [2.05, 4.69) is 16.2 Å². The molecule has 19 heavy (non-hydrogen) atoms. The smallest absolute Gasteiger partial charge is 0.345 e. The topological polar surface area (TPSA) is 68.5 Å². The van der Waals surface area contributed by atoms with Gasteiger partial charge >= 0.3 is 5.97 Å². The lowest BCUT2D eigenvalue weighted by atomic mass is 9.94. The van der Waals surface area contributed by atoms with Crippen LogP contribution in [0.2, 0.25) is 0 Å². The van der Waals surface area contributed by atoms with Gasteiger partial charge in [-0.25, -0.2) is 4.79 Å². The van der Waals surface area contributed by atoms with Crippen LogP contribution in [0.15, 0.2) is 0 Å². The molecule has 0 bridgehead atoms. The van der Waals surface area contributed by atoms with E-state index in [1.54, 1.807) is 6.92 Å². The predicted molar refractivity (Wildman–Crippen MR) is 77.7 cm³/mol. The van der Waals surface area contributed by atoms with Crippen LogP contribution in [0.1, 0.15) is 43.5 Å². The Balaban J connectivity index is 2.15. The van der Waals surface area contributed by atoms with E-state index in [0.717, 1.165) is 36.9 Å². The van der Waals surface area contributed by atoms with Crippen LogP contribution in [-0.4, -0.2) is 30.0 Å². The fourth-order valence-electron chi connectivity index (χ4n) is 2.45. The molecule has 1 saturated heterocycles. The summed E-state index contributed by atoms with van der Waals surface area (Å²) in [6, 6.07) is 0. The largest absolute Gasteiger partial charge is 0.462 e. The van der Waals surface area contributed by atoms with Crippen molar-refractivity contribution in [2.45, 2.75) is 33.1 Å². The Kier molecular flexibility index (Phi) is 4.63. The summed E-state index contributed by atoms with van der Waals surface area (Å²) in [6.45, 7) is 6.31. The first-order chi connectivity index (χ1) is 9.17. The van der Waals surface area contributed by atoms with E-state index < -0.39 is 0 Å². The van der Waals surface area contributed by atoms with E-state index in [9.17, 15) is 4.79 Å². The molecule has 1 aromatic heterocycles. The van der Waals surface area contributed by atoms with Gasteiger partial charge in [-0.15, -0.1) is 0 Å². The van der Waals surface area contributed by atoms with E-state index in [0.29, 0.717) is 12.2 Å². The minimum absolute atomic E-state index is 0.288. The lowest BCUT2D eigenvalue weighted by molar-refractivity contribution is 0.0528. The van der Waals surface area contributed by atoms with E-state index in [1.165, 1.54) is 18.0 Å². The number of carbonyl (C=O) groups excluding carboxylic acids is 1. The zero-order valence-corrected chi connectivity index (χ0v) is 12.3. The molecule has 2 heterocycles. The molecule has 0 atom stereocenters. The maximum Gasteiger partial charge on any atom is 0.345 e. The molecule has 0 radical (unpaired) electrons. The normalized spacial score (nSPS) is 16.6. The summed E-state index contributed by atoms with van der Waals surface area (Å²) < 4.78 is 9.17. The maximum atomic E-state index is 11.9. The number of hydrogen-bond acceptors (Lipinski definition) is 6. The van der Waals surface area contributed by atoms with E-state index in [4.69, 9.17) is 10.5 Å². The van der Waals surface area contributed by atoms with E-state index in [-0.39, 0.29) is 11.8 Å². The Morgan fingerprint density at radius 1 is 1.47 bits per heavy atom. The van der Waals surface area contributed by atoms with Crippen molar-refractivity contribution in [1.82, 2.24) is 4.37 Å². The summed E-state index contributed by atoms with van der Waals surface area (Å²) in [5, 5.41) is 0.866. The molecule has 2 rings (SSSR count). The van der Waals surface area contributed by atoms with Crippen LogP contribution >= 0.6 is 11.5 Å². The number of nitrogens with two attached hydrogens (primary N) is 1. The number of hydrogen-bond donors (Lipinski definition) is 1. The number of rotatable bonds is 4. The SMILES string of the molecule is CCOC(=O)c1c(N)nsc1N1CCC(CC)CC1. The van der Waals surface area contributed by atoms with Crippen LogP contribution in [0, 0.1) is 5.92 Å². The Morgan fingerprint density at radius 2 is 2.16 bits per heavy atom. The zero-order chi connectivity index (χ0) is 13.8. The van der Waals surface area contributed by atoms with Crippen molar-refractivity contribution in [1.29, 1.82) is 0 Å². The van der Waals surface area contributed by atoms with Crippen LogP contribution in [0.25, 0.3) is 0 Å². The average molecular weight is 283 g/mol. The van der Waals surface area contributed by atoms with Gasteiger partial charge in [-0.2, -0.15) is 4.37 Å². The molecular formula is C13H21N3O2S. The minimum Gasteiger partial charge on any atom is -0.462 e. The molecule has 1 fully saturated rings. The van der Waals surface area contributed by atoms with Gasteiger partial charge in [0.2, 0.25) is 0 Å². The molecule has 0 amide bonds. The zero-order valence-electron chi connectivity index (χ0n) is 11.5. The summed E-state index contributed by atoms with van der Waals surface area (Å²) >= 11 is 1.30. The molecule has 5 nitrogen and oxygen atoms in total. The lowest BCUT2D eigenvalue weighted by Gasteiger charge is -2.32. The van der Waals surface area contributed by atoms with Crippen molar-refractivity contribution in [2.75, 3.05) is 30.3 Å². The van der Waals surface area contributed by atoms with E-state index in [1.807, 2.05) is 0 Å². The lowest BCUT2D eigenvalue weighted by Crippen LogP contribution is -2.33. The van der Waals surface area contributed by atoms with Crippen molar-refractivity contribution in [3.8, 4) is 0 Å². The van der Waals surface area contributed by atoms with Gasteiger partial charge in [0, 0.05) is 13.1 Å². The monoisotopic (exact) mass is 283 g/mol. The van der Waals surface area contributed by atoms with Gasteiger partial charge in [0.1, 0.15) is 10.6 Å². The Morgan fingerprint density at radius 3 is 2.74 bits per heavy atom. The number of piperidine rings is 1. The summed E-state index contributed by atoms with van der Waals surface area (Å²) in [6.07, 6.45) is 3.55. The van der Waals surface area contributed by atoms with Crippen molar-refractivity contribution >= 4 is 28.3 Å². The number of nitrogen functional groups attached to an aromatic ring is 1. The molecular weight excluding hydrogens is 262 g/mol. The van der Waals surface area contributed by atoms with Crippen molar-refractivity contribution in [2.24, 2.45) is 5.92 Å². The molecule has 1 aliphatic heterocycles. The average Bonchev–Trinajstić information content (AvgIpc) is 2.81. The molecule has 6 heteroatoms.